The molecule has 4 heteroatoms. The molecule has 0 unspecified atom stereocenters. The second-order valence-corrected chi connectivity index (χ2v) is 6.86. The van der Waals surface area contributed by atoms with Crippen LogP contribution in [0.15, 0.2) is 54.6 Å². The van der Waals surface area contributed by atoms with Gasteiger partial charge in [-0.2, -0.15) is 0 Å². The minimum Gasteiger partial charge on any atom is -0.356 e. The molecule has 0 atom stereocenters. The zero-order valence-electron chi connectivity index (χ0n) is 15.9. The van der Waals surface area contributed by atoms with E-state index in [1.54, 1.807) is 4.90 Å². The highest BCUT2D eigenvalue weighted by molar-refractivity contribution is 5.93. The van der Waals surface area contributed by atoms with Gasteiger partial charge < -0.3 is 10.2 Å². The summed E-state index contributed by atoms with van der Waals surface area (Å²) in [7, 11) is 0. The van der Waals surface area contributed by atoms with Gasteiger partial charge in [-0.15, -0.1) is 0 Å². The van der Waals surface area contributed by atoms with Crippen LogP contribution in [0.5, 0.6) is 0 Å². The van der Waals surface area contributed by atoms with Crippen molar-refractivity contribution in [2.75, 3.05) is 11.4 Å². The van der Waals surface area contributed by atoms with Crippen LogP contribution in [0, 0.1) is 5.92 Å². The number of carbonyl (C=O) groups excluding carboxylic acids is 2. The summed E-state index contributed by atoms with van der Waals surface area (Å²) >= 11 is 0. The summed E-state index contributed by atoms with van der Waals surface area (Å²) < 4.78 is 0. The van der Waals surface area contributed by atoms with Crippen molar-refractivity contribution in [3.8, 4) is 0 Å². The molecule has 1 N–H and O–H groups in total. The van der Waals surface area contributed by atoms with Crippen LogP contribution in [0.4, 0.5) is 5.69 Å². The maximum absolute atomic E-state index is 12.4. The SMILES string of the molecule is CCC(=O)N(Cc1ccccc1)c1ccc(CC(=O)NCC(C)C)cc1. The lowest BCUT2D eigenvalue weighted by atomic mass is 10.1. The summed E-state index contributed by atoms with van der Waals surface area (Å²) in [6.45, 7) is 7.24. The summed E-state index contributed by atoms with van der Waals surface area (Å²) in [4.78, 5) is 26.1. The molecule has 0 radical (unpaired) electrons. The number of anilines is 1. The van der Waals surface area contributed by atoms with Gasteiger partial charge in [-0.05, 0) is 29.2 Å². The summed E-state index contributed by atoms with van der Waals surface area (Å²) in [6, 6.07) is 17.6. The van der Waals surface area contributed by atoms with Gasteiger partial charge in [-0.3, -0.25) is 9.59 Å². The Labute approximate surface area is 156 Å². The highest BCUT2D eigenvalue weighted by atomic mass is 16.2. The van der Waals surface area contributed by atoms with Gasteiger partial charge in [0, 0.05) is 18.7 Å². The second kappa shape index (κ2) is 9.76. The third-order valence-corrected chi connectivity index (χ3v) is 4.11. The van der Waals surface area contributed by atoms with E-state index in [4.69, 9.17) is 0 Å². The van der Waals surface area contributed by atoms with E-state index < -0.39 is 0 Å². The maximum atomic E-state index is 12.4. The van der Waals surface area contributed by atoms with Crippen molar-refractivity contribution in [1.82, 2.24) is 5.32 Å². The van der Waals surface area contributed by atoms with Gasteiger partial charge >= 0.3 is 0 Å². The molecule has 0 aromatic heterocycles. The molecule has 2 aromatic carbocycles. The average Bonchev–Trinajstić information content (AvgIpc) is 2.65. The molecule has 138 valence electrons. The lowest BCUT2D eigenvalue weighted by Crippen LogP contribution is -2.30. The number of benzene rings is 2. The van der Waals surface area contributed by atoms with Crippen molar-refractivity contribution in [3.05, 3.63) is 65.7 Å². The molecule has 4 nitrogen and oxygen atoms in total. The normalized spacial score (nSPS) is 10.6. The minimum absolute atomic E-state index is 0.0252. The average molecular weight is 352 g/mol. The lowest BCUT2D eigenvalue weighted by Gasteiger charge is -2.23. The van der Waals surface area contributed by atoms with Gasteiger partial charge in [0.1, 0.15) is 0 Å². The van der Waals surface area contributed by atoms with E-state index in [0.29, 0.717) is 31.8 Å². The van der Waals surface area contributed by atoms with Crippen LogP contribution in [0.2, 0.25) is 0 Å². The summed E-state index contributed by atoms with van der Waals surface area (Å²) in [6.07, 6.45) is 0.805. The molecule has 2 amide bonds. The Hall–Kier alpha value is -2.62. The lowest BCUT2D eigenvalue weighted by molar-refractivity contribution is -0.120. The van der Waals surface area contributed by atoms with Gasteiger partial charge in [-0.1, -0.05) is 63.2 Å². The Balaban J connectivity index is 2.07. The van der Waals surface area contributed by atoms with Crippen LogP contribution in [0.3, 0.4) is 0 Å². The van der Waals surface area contributed by atoms with Gasteiger partial charge in [0.05, 0.1) is 13.0 Å². The topological polar surface area (TPSA) is 49.4 Å². The molecule has 26 heavy (non-hydrogen) atoms. The van der Waals surface area contributed by atoms with Crippen LogP contribution < -0.4 is 10.2 Å². The monoisotopic (exact) mass is 352 g/mol. The van der Waals surface area contributed by atoms with Crippen LogP contribution in [-0.4, -0.2) is 18.4 Å². The molecule has 0 aliphatic heterocycles. The smallest absolute Gasteiger partial charge is 0.227 e. The molecule has 0 fully saturated rings. The first-order chi connectivity index (χ1) is 12.5. The third kappa shape index (κ3) is 6.03. The largest absolute Gasteiger partial charge is 0.356 e. The van der Waals surface area contributed by atoms with Crippen molar-refractivity contribution in [3.63, 3.8) is 0 Å². The van der Waals surface area contributed by atoms with Gasteiger partial charge in [0.15, 0.2) is 0 Å². The van der Waals surface area contributed by atoms with E-state index >= 15 is 0 Å². The Morgan fingerprint density at radius 2 is 1.62 bits per heavy atom. The molecule has 2 rings (SSSR count). The molecular weight excluding hydrogens is 324 g/mol. The molecule has 0 saturated heterocycles. The molecule has 0 bridgehead atoms. The van der Waals surface area contributed by atoms with Crippen molar-refractivity contribution < 1.29 is 9.59 Å². The summed E-state index contributed by atoms with van der Waals surface area (Å²) in [5.74, 6) is 0.543. The predicted octanol–water partition coefficient (Wildman–Crippen LogP) is 3.94. The predicted molar refractivity (Wildman–Crippen MR) is 106 cm³/mol. The summed E-state index contributed by atoms with van der Waals surface area (Å²) in [5, 5.41) is 2.92. The fourth-order valence-electron chi connectivity index (χ4n) is 2.64. The number of rotatable bonds is 8. The van der Waals surface area contributed by atoms with Crippen molar-refractivity contribution in [2.45, 2.75) is 40.2 Å². The van der Waals surface area contributed by atoms with E-state index in [1.807, 2.05) is 61.5 Å². The highest BCUT2D eigenvalue weighted by Gasteiger charge is 2.15. The highest BCUT2D eigenvalue weighted by Crippen LogP contribution is 2.19. The first-order valence-electron chi connectivity index (χ1n) is 9.19. The van der Waals surface area contributed by atoms with Crippen LogP contribution in [0.1, 0.15) is 38.3 Å². The summed E-state index contributed by atoms with van der Waals surface area (Å²) in [5.41, 5.74) is 2.89. The van der Waals surface area contributed by atoms with Crippen molar-refractivity contribution >= 4 is 17.5 Å². The number of amides is 2. The van der Waals surface area contributed by atoms with Crippen LogP contribution >= 0.6 is 0 Å². The molecule has 0 aliphatic rings. The molecule has 0 spiro atoms. The number of hydrogen-bond donors (Lipinski definition) is 1. The molecule has 0 saturated carbocycles. The number of hydrogen-bond acceptors (Lipinski definition) is 2. The zero-order valence-corrected chi connectivity index (χ0v) is 15.9. The van der Waals surface area contributed by atoms with Crippen LogP contribution in [0.25, 0.3) is 0 Å². The Bertz CT molecular complexity index is 709. The first-order valence-corrected chi connectivity index (χ1v) is 9.19. The third-order valence-electron chi connectivity index (χ3n) is 4.11. The Morgan fingerprint density at radius 1 is 0.962 bits per heavy atom. The second-order valence-electron chi connectivity index (χ2n) is 6.86. The fourth-order valence-corrected chi connectivity index (χ4v) is 2.64. The number of nitrogens with zero attached hydrogens (tertiary/aromatic N) is 1. The van der Waals surface area contributed by atoms with Gasteiger partial charge in [-0.25, -0.2) is 0 Å². The van der Waals surface area contributed by atoms with Gasteiger partial charge in [0.25, 0.3) is 0 Å². The molecule has 0 heterocycles. The maximum Gasteiger partial charge on any atom is 0.227 e. The molecule has 2 aromatic rings. The Morgan fingerprint density at radius 3 is 2.19 bits per heavy atom. The fraction of sp³-hybridized carbons (Fsp3) is 0.364. The standard InChI is InChI=1S/C22H28N2O2/c1-4-22(26)24(16-19-8-6-5-7-9-19)20-12-10-18(11-13-20)14-21(25)23-15-17(2)3/h5-13,17H,4,14-16H2,1-3H3,(H,23,25). The van der Waals surface area contributed by atoms with Gasteiger partial charge in [0.2, 0.25) is 11.8 Å². The quantitative estimate of drug-likeness (QED) is 0.782. The van der Waals surface area contributed by atoms with E-state index in [2.05, 4.69) is 19.2 Å². The van der Waals surface area contributed by atoms with E-state index in [-0.39, 0.29) is 11.8 Å². The number of carbonyl (C=O) groups is 2. The number of nitrogens with one attached hydrogen (secondary N) is 1. The first kappa shape index (κ1) is 19.7. The van der Waals surface area contributed by atoms with E-state index in [0.717, 1.165) is 16.8 Å². The van der Waals surface area contributed by atoms with Crippen LogP contribution in [-0.2, 0) is 22.6 Å². The zero-order chi connectivity index (χ0) is 18.9. The van der Waals surface area contributed by atoms with E-state index in [1.165, 1.54) is 0 Å². The molecular formula is C22H28N2O2. The van der Waals surface area contributed by atoms with Crippen molar-refractivity contribution in [2.24, 2.45) is 5.92 Å². The minimum atomic E-state index is 0.0252. The molecule has 0 aliphatic carbocycles. The Kier molecular flexibility index (Phi) is 7.39. The van der Waals surface area contributed by atoms with Crippen molar-refractivity contribution in [1.29, 1.82) is 0 Å². The van der Waals surface area contributed by atoms with E-state index in [9.17, 15) is 9.59 Å².